The number of H-pyrrole nitrogens is 1. The molecule has 1 saturated heterocycles. The highest BCUT2D eigenvalue weighted by Gasteiger charge is 2.27. The number of para-hydroxylation sites is 1. The van der Waals surface area contributed by atoms with Gasteiger partial charge in [-0.05, 0) is 48.1 Å². The molecular weight excluding hydrogens is 386 g/mol. The molecule has 5 rings (SSSR count). The molecule has 3 heterocycles. The summed E-state index contributed by atoms with van der Waals surface area (Å²) in [6, 6.07) is 21.6. The van der Waals surface area contributed by atoms with Crippen LogP contribution in [0.5, 0.6) is 0 Å². The van der Waals surface area contributed by atoms with Gasteiger partial charge in [0.2, 0.25) is 0 Å². The molecule has 4 aromatic rings. The second-order valence-corrected chi connectivity index (χ2v) is 8.20. The molecular formula is C26H25N3O2. The average Bonchev–Trinajstić information content (AvgIpc) is 3.25. The average molecular weight is 412 g/mol. The van der Waals surface area contributed by atoms with Crippen LogP contribution in [0.2, 0.25) is 0 Å². The molecule has 1 amide bonds. The standard InChI is InChI=1S/C26H25N3O2/c30-25(22-10-6-14-29(26(22)31)18-19-7-2-1-3-8-19)28-15-12-20(13-16-28)23-17-27-24-11-5-4-9-21(23)24/h1-11,14,17,20,27H,12-13,15-16,18H2. The van der Waals surface area contributed by atoms with E-state index in [0.717, 1.165) is 23.9 Å². The minimum absolute atomic E-state index is 0.162. The minimum atomic E-state index is -0.227. The van der Waals surface area contributed by atoms with E-state index >= 15 is 0 Å². The number of rotatable bonds is 4. The van der Waals surface area contributed by atoms with Crippen LogP contribution < -0.4 is 5.56 Å². The minimum Gasteiger partial charge on any atom is -0.361 e. The first kappa shape index (κ1) is 19.4. The number of likely N-dealkylation sites (tertiary alicyclic amines) is 1. The summed E-state index contributed by atoms with van der Waals surface area (Å²) in [5.41, 5.74) is 3.54. The van der Waals surface area contributed by atoms with Crippen LogP contribution in [0.3, 0.4) is 0 Å². The highest BCUT2D eigenvalue weighted by Crippen LogP contribution is 2.33. The summed E-state index contributed by atoms with van der Waals surface area (Å²) >= 11 is 0. The molecule has 0 radical (unpaired) electrons. The third-order valence-electron chi connectivity index (χ3n) is 6.29. The molecule has 2 aromatic heterocycles. The van der Waals surface area contributed by atoms with Gasteiger partial charge in [-0.2, -0.15) is 0 Å². The number of pyridine rings is 1. The summed E-state index contributed by atoms with van der Waals surface area (Å²) in [6.45, 7) is 1.79. The van der Waals surface area contributed by atoms with Crippen LogP contribution in [0, 0.1) is 0 Å². The van der Waals surface area contributed by atoms with Gasteiger partial charge in [-0.3, -0.25) is 9.59 Å². The lowest BCUT2D eigenvalue weighted by molar-refractivity contribution is 0.0711. The Labute approximate surface area is 180 Å². The van der Waals surface area contributed by atoms with E-state index in [9.17, 15) is 9.59 Å². The van der Waals surface area contributed by atoms with Gasteiger partial charge in [0.1, 0.15) is 5.56 Å². The Balaban J connectivity index is 1.30. The first-order chi connectivity index (χ1) is 15.2. The number of hydrogen-bond acceptors (Lipinski definition) is 2. The lowest BCUT2D eigenvalue weighted by Crippen LogP contribution is -2.41. The van der Waals surface area contributed by atoms with Gasteiger partial charge in [0.05, 0.1) is 6.54 Å². The maximum absolute atomic E-state index is 13.1. The van der Waals surface area contributed by atoms with Crippen LogP contribution >= 0.6 is 0 Å². The SMILES string of the molecule is O=C(c1cccn(Cc2ccccc2)c1=O)N1CCC(c2c[nH]c3ccccc23)CC1. The number of carbonyl (C=O) groups is 1. The summed E-state index contributed by atoms with van der Waals surface area (Å²) in [5, 5.41) is 1.26. The lowest BCUT2D eigenvalue weighted by atomic mass is 9.89. The van der Waals surface area contributed by atoms with Crippen molar-refractivity contribution < 1.29 is 4.79 Å². The lowest BCUT2D eigenvalue weighted by Gasteiger charge is -2.32. The Morgan fingerprint density at radius 3 is 2.48 bits per heavy atom. The molecule has 31 heavy (non-hydrogen) atoms. The Hall–Kier alpha value is -3.60. The summed E-state index contributed by atoms with van der Waals surface area (Å²) < 4.78 is 1.61. The van der Waals surface area contributed by atoms with Crippen molar-refractivity contribution in [1.29, 1.82) is 0 Å². The number of piperidine rings is 1. The first-order valence-corrected chi connectivity index (χ1v) is 10.8. The number of amides is 1. The van der Waals surface area contributed by atoms with Crippen LogP contribution in [0.4, 0.5) is 0 Å². The summed E-state index contributed by atoms with van der Waals surface area (Å²) in [5.74, 6) is 0.260. The number of aromatic nitrogens is 2. The third-order valence-corrected chi connectivity index (χ3v) is 6.29. The highest BCUT2D eigenvalue weighted by molar-refractivity contribution is 5.94. The van der Waals surface area contributed by atoms with E-state index in [-0.39, 0.29) is 17.0 Å². The number of benzene rings is 2. The van der Waals surface area contributed by atoms with Crippen molar-refractivity contribution in [1.82, 2.24) is 14.5 Å². The van der Waals surface area contributed by atoms with Gasteiger partial charge in [0.15, 0.2) is 0 Å². The van der Waals surface area contributed by atoms with Crippen molar-refractivity contribution in [3.8, 4) is 0 Å². The topological polar surface area (TPSA) is 58.1 Å². The predicted octanol–water partition coefficient (Wildman–Crippen LogP) is 4.40. The van der Waals surface area contributed by atoms with E-state index in [1.54, 1.807) is 22.9 Å². The molecule has 0 spiro atoms. The normalized spacial score (nSPS) is 14.8. The van der Waals surface area contributed by atoms with Gasteiger partial charge < -0.3 is 14.5 Å². The number of fused-ring (bicyclic) bond motifs is 1. The molecule has 1 N–H and O–H groups in total. The molecule has 0 bridgehead atoms. The predicted molar refractivity (Wildman–Crippen MR) is 122 cm³/mol. The zero-order valence-electron chi connectivity index (χ0n) is 17.3. The molecule has 156 valence electrons. The summed E-state index contributed by atoms with van der Waals surface area (Å²) in [7, 11) is 0. The number of aromatic amines is 1. The number of nitrogens with one attached hydrogen (secondary N) is 1. The van der Waals surface area contributed by atoms with Gasteiger partial charge in [-0.15, -0.1) is 0 Å². The van der Waals surface area contributed by atoms with Crippen molar-refractivity contribution >= 4 is 16.8 Å². The quantitative estimate of drug-likeness (QED) is 0.541. The molecule has 0 saturated carbocycles. The second kappa shape index (κ2) is 8.26. The molecule has 5 nitrogen and oxygen atoms in total. The van der Waals surface area contributed by atoms with Crippen molar-refractivity contribution in [2.45, 2.75) is 25.3 Å². The maximum atomic E-state index is 13.1. The zero-order valence-corrected chi connectivity index (χ0v) is 17.3. The van der Waals surface area contributed by atoms with E-state index < -0.39 is 0 Å². The van der Waals surface area contributed by atoms with Crippen LogP contribution in [-0.2, 0) is 6.54 Å². The summed E-state index contributed by atoms with van der Waals surface area (Å²) in [4.78, 5) is 31.3. The second-order valence-electron chi connectivity index (χ2n) is 8.20. The Morgan fingerprint density at radius 1 is 0.935 bits per heavy atom. The molecule has 1 aliphatic heterocycles. The van der Waals surface area contributed by atoms with Crippen LogP contribution in [-0.4, -0.2) is 33.4 Å². The van der Waals surface area contributed by atoms with Crippen LogP contribution in [0.1, 0.15) is 40.2 Å². The largest absolute Gasteiger partial charge is 0.361 e. The van der Waals surface area contributed by atoms with Crippen molar-refractivity contribution in [3.05, 3.63) is 106 Å². The molecule has 0 atom stereocenters. The first-order valence-electron chi connectivity index (χ1n) is 10.8. The number of hydrogen-bond donors (Lipinski definition) is 1. The van der Waals surface area contributed by atoms with E-state index in [4.69, 9.17) is 0 Å². The molecule has 1 fully saturated rings. The monoisotopic (exact) mass is 411 g/mol. The molecule has 2 aromatic carbocycles. The fraction of sp³-hybridized carbons (Fsp3) is 0.231. The Morgan fingerprint density at radius 2 is 1.68 bits per heavy atom. The molecule has 0 aliphatic carbocycles. The van der Waals surface area contributed by atoms with Gasteiger partial charge in [-0.1, -0.05) is 48.5 Å². The third kappa shape index (κ3) is 3.79. The van der Waals surface area contributed by atoms with Gasteiger partial charge in [0, 0.05) is 36.4 Å². The van der Waals surface area contributed by atoms with Crippen LogP contribution in [0.25, 0.3) is 10.9 Å². The Bertz CT molecular complexity index is 1260. The Kier molecular flexibility index (Phi) is 5.16. The number of nitrogens with zero attached hydrogens (tertiary/aromatic N) is 2. The van der Waals surface area contributed by atoms with Gasteiger partial charge >= 0.3 is 0 Å². The zero-order chi connectivity index (χ0) is 21.2. The highest BCUT2D eigenvalue weighted by atomic mass is 16.2. The van der Waals surface area contributed by atoms with Crippen molar-refractivity contribution in [2.75, 3.05) is 13.1 Å². The van der Waals surface area contributed by atoms with Crippen molar-refractivity contribution in [2.24, 2.45) is 0 Å². The van der Waals surface area contributed by atoms with Crippen LogP contribution in [0.15, 0.2) is 83.9 Å². The van der Waals surface area contributed by atoms with E-state index in [2.05, 4.69) is 29.4 Å². The molecule has 1 aliphatic rings. The van der Waals surface area contributed by atoms with Gasteiger partial charge in [-0.25, -0.2) is 0 Å². The van der Waals surface area contributed by atoms with E-state index in [1.807, 2.05) is 41.3 Å². The van der Waals surface area contributed by atoms with Crippen molar-refractivity contribution in [3.63, 3.8) is 0 Å². The van der Waals surface area contributed by atoms with E-state index in [0.29, 0.717) is 25.6 Å². The number of carbonyl (C=O) groups excluding carboxylic acids is 1. The fourth-order valence-electron chi connectivity index (χ4n) is 4.60. The van der Waals surface area contributed by atoms with Gasteiger partial charge in [0.25, 0.3) is 11.5 Å². The maximum Gasteiger partial charge on any atom is 0.263 e. The fourth-order valence-corrected chi connectivity index (χ4v) is 4.60. The smallest absolute Gasteiger partial charge is 0.263 e. The molecule has 5 heteroatoms. The van der Waals surface area contributed by atoms with E-state index in [1.165, 1.54) is 10.9 Å². The summed E-state index contributed by atoms with van der Waals surface area (Å²) in [6.07, 6.45) is 5.65. The molecule has 0 unspecified atom stereocenters.